The Morgan fingerprint density at radius 2 is 1.94 bits per heavy atom. The van der Waals surface area contributed by atoms with Crippen LogP contribution in [0.1, 0.15) is 48.3 Å². The molecule has 2 aromatic carbocycles. The lowest BCUT2D eigenvalue weighted by atomic mass is 9.81. The third kappa shape index (κ3) is 4.94. The Balaban J connectivity index is 1.53. The fourth-order valence-electron chi connectivity index (χ4n) is 5.33. The number of nitrogens with zero attached hydrogens (tertiary/aromatic N) is 1. The second-order valence-corrected chi connectivity index (χ2v) is 9.51. The summed E-state index contributed by atoms with van der Waals surface area (Å²) in [5.74, 6) is -1.61. The molecule has 1 heterocycles. The normalized spacial score (nSPS) is 23.9. The van der Waals surface area contributed by atoms with Crippen LogP contribution in [0.15, 0.2) is 48.5 Å². The van der Waals surface area contributed by atoms with Gasteiger partial charge in [-0.2, -0.15) is 0 Å². The Kier molecular flexibility index (Phi) is 6.35. The molecule has 0 saturated carbocycles. The van der Waals surface area contributed by atoms with Crippen LogP contribution in [0, 0.1) is 5.92 Å². The fraction of sp³-hybridized carbons (Fsp3) is 0.440. The first-order valence-corrected chi connectivity index (χ1v) is 11.3. The maximum Gasteiger partial charge on any atom is 0.304 e. The quantitative estimate of drug-likeness (QED) is 0.710. The highest BCUT2D eigenvalue weighted by molar-refractivity contribution is 6.30. The Hall–Kier alpha value is -2.37. The number of fused-ring (bicyclic) bond motifs is 1. The summed E-state index contributed by atoms with van der Waals surface area (Å²) in [5.41, 5.74) is 9.66. The molecule has 0 spiro atoms. The van der Waals surface area contributed by atoms with Gasteiger partial charge in [0.15, 0.2) is 0 Å². The van der Waals surface area contributed by atoms with E-state index >= 15 is 0 Å². The summed E-state index contributed by atoms with van der Waals surface area (Å²) in [7, 11) is 0. The molecular formula is C25H29ClN2O3. The van der Waals surface area contributed by atoms with E-state index in [0.29, 0.717) is 24.5 Å². The number of halogens is 1. The number of likely N-dealkylation sites (tertiary alicyclic amines) is 1. The third-order valence-corrected chi connectivity index (χ3v) is 7.02. The number of carboxylic acids is 1. The van der Waals surface area contributed by atoms with Crippen molar-refractivity contribution in [3.63, 3.8) is 0 Å². The van der Waals surface area contributed by atoms with Gasteiger partial charge >= 0.3 is 5.97 Å². The molecule has 1 amide bonds. The van der Waals surface area contributed by atoms with Crippen LogP contribution >= 0.6 is 11.6 Å². The number of aliphatic carboxylic acids is 1. The van der Waals surface area contributed by atoms with Crippen molar-refractivity contribution in [2.75, 3.05) is 13.1 Å². The summed E-state index contributed by atoms with van der Waals surface area (Å²) < 4.78 is 0. The van der Waals surface area contributed by atoms with Crippen molar-refractivity contribution >= 4 is 23.5 Å². The van der Waals surface area contributed by atoms with Gasteiger partial charge in [0.25, 0.3) is 0 Å². The molecule has 6 heteroatoms. The van der Waals surface area contributed by atoms with Gasteiger partial charge in [0, 0.05) is 23.7 Å². The van der Waals surface area contributed by atoms with Gasteiger partial charge in [0.1, 0.15) is 0 Å². The smallest absolute Gasteiger partial charge is 0.304 e. The molecule has 1 fully saturated rings. The molecule has 2 aliphatic rings. The number of rotatable bonds is 6. The highest BCUT2D eigenvalue weighted by Crippen LogP contribution is 2.41. The van der Waals surface area contributed by atoms with E-state index < -0.39 is 17.4 Å². The number of benzene rings is 2. The lowest BCUT2D eigenvalue weighted by Gasteiger charge is -2.42. The van der Waals surface area contributed by atoms with Crippen LogP contribution in [0.4, 0.5) is 0 Å². The average molecular weight is 441 g/mol. The number of hydrogen-bond donors (Lipinski definition) is 2. The van der Waals surface area contributed by atoms with Gasteiger partial charge in [-0.25, -0.2) is 0 Å². The Bertz CT molecular complexity index is 961. The van der Waals surface area contributed by atoms with Crippen LogP contribution < -0.4 is 5.73 Å². The summed E-state index contributed by atoms with van der Waals surface area (Å²) in [5, 5.41) is 10.2. The number of nitrogens with two attached hydrogens (primary N) is 1. The summed E-state index contributed by atoms with van der Waals surface area (Å²) in [4.78, 5) is 27.1. The number of hydrogen-bond acceptors (Lipinski definition) is 3. The minimum absolute atomic E-state index is 0.0508. The summed E-state index contributed by atoms with van der Waals surface area (Å²) in [6.07, 6.45) is 3.86. The van der Waals surface area contributed by atoms with Crippen LogP contribution in [0.25, 0.3) is 0 Å². The highest BCUT2D eigenvalue weighted by atomic mass is 35.5. The molecule has 3 N–H and O–H groups in total. The van der Waals surface area contributed by atoms with Crippen LogP contribution in [-0.4, -0.2) is 40.5 Å². The van der Waals surface area contributed by atoms with Crippen molar-refractivity contribution in [1.29, 1.82) is 0 Å². The van der Waals surface area contributed by atoms with Gasteiger partial charge in [0.2, 0.25) is 5.91 Å². The van der Waals surface area contributed by atoms with Gasteiger partial charge in [-0.1, -0.05) is 48.0 Å². The number of aryl methyl sites for hydroxylation is 1. The third-order valence-electron chi connectivity index (χ3n) is 6.77. The first-order chi connectivity index (χ1) is 14.8. The van der Waals surface area contributed by atoms with Crippen LogP contribution in [0.3, 0.4) is 0 Å². The van der Waals surface area contributed by atoms with Crippen LogP contribution in [0.5, 0.6) is 0 Å². The van der Waals surface area contributed by atoms with E-state index in [1.165, 1.54) is 5.56 Å². The van der Waals surface area contributed by atoms with Gasteiger partial charge < -0.3 is 15.7 Å². The van der Waals surface area contributed by atoms with E-state index in [9.17, 15) is 14.7 Å². The molecule has 2 aromatic rings. The van der Waals surface area contributed by atoms with E-state index in [1.54, 1.807) is 0 Å². The first-order valence-electron chi connectivity index (χ1n) is 11.0. The highest BCUT2D eigenvalue weighted by Gasteiger charge is 2.41. The lowest BCUT2D eigenvalue weighted by Crippen LogP contribution is -2.58. The van der Waals surface area contributed by atoms with E-state index in [-0.39, 0.29) is 18.2 Å². The molecule has 0 unspecified atom stereocenters. The average Bonchev–Trinajstić information content (AvgIpc) is 3.17. The van der Waals surface area contributed by atoms with Crippen molar-refractivity contribution in [3.8, 4) is 0 Å². The number of carbonyl (C=O) groups excluding carboxylic acids is 1. The minimum atomic E-state index is -0.931. The van der Waals surface area contributed by atoms with Crippen molar-refractivity contribution in [1.82, 2.24) is 4.90 Å². The fourth-order valence-corrected chi connectivity index (χ4v) is 5.46. The number of piperidine rings is 1. The second kappa shape index (κ2) is 9.01. The van der Waals surface area contributed by atoms with Crippen LogP contribution in [-0.2, 0) is 22.4 Å². The number of carbonyl (C=O) groups is 2. The van der Waals surface area contributed by atoms with E-state index in [0.717, 1.165) is 36.8 Å². The van der Waals surface area contributed by atoms with E-state index in [4.69, 9.17) is 17.3 Å². The molecular weight excluding hydrogens is 412 g/mol. The maximum atomic E-state index is 13.6. The number of carboxylic acid groups (broad SMARTS) is 1. The Labute approximate surface area is 188 Å². The van der Waals surface area contributed by atoms with Crippen molar-refractivity contribution in [2.45, 2.75) is 50.0 Å². The zero-order chi connectivity index (χ0) is 22.0. The zero-order valence-corrected chi connectivity index (χ0v) is 18.4. The van der Waals surface area contributed by atoms with E-state index in [1.807, 2.05) is 47.4 Å². The molecule has 3 atom stereocenters. The zero-order valence-electron chi connectivity index (χ0n) is 17.6. The van der Waals surface area contributed by atoms with Crippen LogP contribution in [0.2, 0.25) is 5.02 Å². The maximum absolute atomic E-state index is 13.6. The standard InChI is InChI=1S/C25H29ClN2O3/c26-19-9-6-17(7-10-19)15-25(27)12-3-13-28(16-25)24(31)22(14-23(29)30)21-11-8-18-4-1-2-5-20(18)21/h1-2,4-7,9-10,21-22H,3,8,11-16,27H2,(H,29,30)/t21-,22+,25-/m1/s1. The monoisotopic (exact) mass is 440 g/mol. The molecule has 0 aromatic heterocycles. The molecule has 0 bridgehead atoms. The van der Waals surface area contributed by atoms with Crippen molar-refractivity contribution in [3.05, 3.63) is 70.2 Å². The lowest BCUT2D eigenvalue weighted by molar-refractivity contribution is -0.146. The second-order valence-electron chi connectivity index (χ2n) is 9.08. The molecule has 4 rings (SSSR count). The molecule has 5 nitrogen and oxygen atoms in total. The van der Waals surface area contributed by atoms with Gasteiger partial charge in [-0.15, -0.1) is 0 Å². The molecule has 164 valence electrons. The summed E-state index contributed by atoms with van der Waals surface area (Å²) in [6, 6.07) is 15.7. The molecule has 31 heavy (non-hydrogen) atoms. The largest absolute Gasteiger partial charge is 0.481 e. The Morgan fingerprint density at radius 1 is 1.19 bits per heavy atom. The first kappa shape index (κ1) is 21.8. The van der Waals surface area contributed by atoms with Gasteiger partial charge in [0.05, 0.1) is 12.3 Å². The van der Waals surface area contributed by atoms with Gasteiger partial charge in [-0.05, 0) is 66.8 Å². The Morgan fingerprint density at radius 3 is 2.68 bits per heavy atom. The predicted molar refractivity (Wildman–Crippen MR) is 121 cm³/mol. The van der Waals surface area contributed by atoms with Crippen molar-refractivity contribution < 1.29 is 14.7 Å². The summed E-state index contributed by atoms with van der Waals surface area (Å²) in [6.45, 7) is 1.07. The topological polar surface area (TPSA) is 83.6 Å². The van der Waals surface area contributed by atoms with E-state index in [2.05, 4.69) is 6.07 Å². The number of amides is 1. The van der Waals surface area contributed by atoms with Crippen molar-refractivity contribution in [2.24, 2.45) is 11.7 Å². The molecule has 1 aliphatic carbocycles. The molecule has 0 radical (unpaired) electrons. The molecule has 1 aliphatic heterocycles. The van der Waals surface area contributed by atoms with Gasteiger partial charge in [-0.3, -0.25) is 9.59 Å². The predicted octanol–water partition coefficient (Wildman–Crippen LogP) is 4.02. The molecule has 1 saturated heterocycles. The summed E-state index contributed by atoms with van der Waals surface area (Å²) >= 11 is 6.00. The SMILES string of the molecule is N[C@@]1(Cc2ccc(Cl)cc2)CCCN(C(=O)[C@@H](CC(=O)O)[C@@H]2CCc3ccccc32)C1. The minimum Gasteiger partial charge on any atom is -0.481 e.